The van der Waals surface area contributed by atoms with E-state index in [0.717, 1.165) is 35.1 Å². The number of nitrogens with zero attached hydrogens (tertiary/aromatic N) is 1. The fourth-order valence-electron chi connectivity index (χ4n) is 6.28. The highest BCUT2D eigenvalue weighted by molar-refractivity contribution is 5.88. The van der Waals surface area contributed by atoms with Gasteiger partial charge in [-0.25, -0.2) is 4.79 Å². The minimum absolute atomic E-state index is 0.00511. The fourth-order valence-corrected chi connectivity index (χ4v) is 6.28. The molecule has 0 spiro atoms. The Kier molecular flexibility index (Phi) is 6.23. The first-order valence-corrected chi connectivity index (χ1v) is 12.1. The van der Waals surface area contributed by atoms with E-state index in [4.69, 9.17) is 9.47 Å². The van der Waals surface area contributed by atoms with Crippen LogP contribution in [0.5, 0.6) is 0 Å². The number of carboxylic acid groups (broad SMARTS) is 1. The van der Waals surface area contributed by atoms with E-state index in [1.807, 2.05) is 36.4 Å². The van der Waals surface area contributed by atoms with Gasteiger partial charge in [0.25, 0.3) is 0 Å². The lowest BCUT2D eigenvalue weighted by atomic mass is 9.85. The lowest BCUT2D eigenvalue weighted by Gasteiger charge is -2.36. The number of amides is 2. The monoisotopic (exact) mass is 478 g/mol. The van der Waals surface area contributed by atoms with E-state index in [1.54, 1.807) is 4.90 Å². The average Bonchev–Trinajstić information content (AvgIpc) is 3.48. The molecule has 2 fully saturated rings. The highest BCUT2D eigenvalue weighted by atomic mass is 16.5. The van der Waals surface area contributed by atoms with Crippen LogP contribution in [0.1, 0.15) is 49.1 Å². The SMILES string of the molecule is COC[C@H](NC(=O)OCC1c2ccccc2-c2ccccc21)C(=O)N1C2CCC1(CC(=O)O)CC2. The van der Waals surface area contributed by atoms with Crippen molar-refractivity contribution < 1.29 is 29.0 Å². The summed E-state index contributed by atoms with van der Waals surface area (Å²) < 4.78 is 10.8. The molecule has 0 unspecified atom stereocenters. The molecule has 2 saturated heterocycles. The molecule has 5 rings (SSSR count). The standard InChI is InChI=1S/C27H30N2O6/c1-34-16-23(25(32)29-17-10-12-27(29,13-11-17)14-24(30)31)28-26(33)35-15-22-20-8-4-2-6-18(20)19-7-3-5-9-21(19)22/h2-9,17,22-23H,10-16H2,1H3,(H,28,33)(H,30,31)/t17?,23-,27?/m0/s1. The van der Waals surface area contributed by atoms with Gasteiger partial charge in [-0.05, 0) is 47.9 Å². The van der Waals surface area contributed by atoms with Gasteiger partial charge in [-0.2, -0.15) is 0 Å². The fraction of sp³-hybridized carbons (Fsp3) is 0.444. The van der Waals surface area contributed by atoms with Crippen molar-refractivity contribution in [3.63, 3.8) is 0 Å². The average molecular weight is 479 g/mol. The van der Waals surface area contributed by atoms with Crippen molar-refractivity contribution in [2.45, 2.75) is 55.6 Å². The number of benzene rings is 2. The maximum atomic E-state index is 13.5. The summed E-state index contributed by atoms with van der Waals surface area (Å²) in [5.74, 6) is -1.31. The third kappa shape index (κ3) is 4.16. The number of aliphatic carboxylic acids is 1. The summed E-state index contributed by atoms with van der Waals surface area (Å²) in [6.45, 7) is 0.123. The molecule has 1 aliphatic carbocycles. The number of hydrogen-bond donors (Lipinski definition) is 2. The van der Waals surface area contributed by atoms with Crippen LogP contribution in [0, 0.1) is 0 Å². The number of carbonyl (C=O) groups excluding carboxylic acids is 2. The van der Waals surface area contributed by atoms with Crippen LogP contribution in [-0.2, 0) is 19.1 Å². The van der Waals surface area contributed by atoms with Gasteiger partial charge in [0, 0.05) is 19.1 Å². The van der Waals surface area contributed by atoms with Crippen LogP contribution in [0.3, 0.4) is 0 Å². The molecule has 2 aliphatic heterocycles. The number of carboxylic acids is 1. The van der Waals surface area contributed by atoms with Crippen LogP contribution < -0.4 is 5.32 Å². The molecule has 2 N–H and O–H groups in total. The van der Waals surface area contributed by atoms with E-state index < -0.39 is 23.6 Å². The second-order valence-corrected chi connectivity index (χ2v) is 9.71. The number of fused-ring (bicyclic) bond motifs is 5. The number of ether oxygens (including phenoxy) is 2. The third-order valence-electron chi connectivity index (χ3n) is 7.75. The summed E-state index contributed by atoms with van der Waals surface area (Å²) in [5, 5.41) is 12.1. The molecule has 2 aromatic carbocycles. The largest absolute Gasteiger partial charge is 0.481 e. The predicted molar refractivity (Wildman–Crippen MR) is 128 cm³/mol. The molecule has 8 heteroatoms. The van der Waals surface area contributed by atoms with Gasteiger partial charge in [0.2, 0.25) is 5.91 Å². The maximum absolute atomic E-state index is 13.5. The van der Waals surface area contributed by atoms with Crippen molar-refractivity contribution in [1.82, 2.24) is 10.2 Å². The summed E-state index contributed by atoms with van der Waals surface area (Å²) in [5.41, 5.74) is 3.81. The topological polar surface area (TPSA) is 105 Å². The summed E-state index contributed by atoms with van der Waals surface area (Å²) in [6.07, 6.45) is 2.12. The Morgan fingerprint density at radius 2 is 1.66 bits per heavy atom. The quantitative estimate of drug-likeness (QED) is 0.601. The van der Waals surface area contributed by atoms with Gasteiger partial charge in [0.1, 0.15) is 12.6 Å². The molecule has 0 aromatic heterocycles. The van der Waals surface area contributed by atoms with Crippen LogP contribution >= 0.6 is 0 Å². The number of carbonyl (C=O) groups is 3. The van der Waals surface area contributed by atoms with Crippen LogP contribution in [0.15, 0.2) is 48.5 Å². The van der Waals surface area contributed by atoms with E-state index >= 15 is 0 Å². The van der Waals surface area contributed by atoms with E-state index in [1.165, 1.54) is 7.11 Å². The molecule has 1 atom stereocenters. The molecular formula is C27H30N2O6. The number of alkyl carbamates (subject to hydrolysis) is 1. The molecule has 2 heterocycles. The maximum Gasteiger partial charge on any atom is 0.407 e. The molecule has 0 radical (unpaired) electrons. The van der Waals surface area contributed by atoms with Crippen molar-refractivity contribution >= 4 is 18.0 Å². The zero-order chi connectivity index (χ0) is 24.6. The zero-order valence-corrected chi connectivity index (χ0v) is 19.7. The van der Waals surface area contributed by atoms with Crippen molar-refractivity contribution in [3.05, 3.63) is 59.7 Å². The molecule has 2 amide bonds. The summed E-state index contributed by atoms with van der Waals surface area (Å²) in [7, 11) is 1.46. The molecule has 0 saturated carbocycles. The Labute approximate surface area is 204 Å². The number of rotatable bonds is 8. The molecule has 184 valence electrons. The third-order valence-corrected chi connectivity index (χ3v) is 7.75. The van der Waals surface area contributed by atoms with E-state index in [-0.39, 0.29) is 37.5 Å². The first kappa shape index (κ1) is 23.4. The van der Waals surface area contributed by atoms with Gasteiger partial charge < -0.3 is 24.8 Å². The second-order valence-electron chi connectivity index (χ2n) is 9.71. The van der Waals surface area contributed by atoms with Gasteiger partial charge in [-0.3, -0.25) is 9.59 Å². The van der Waals surface area contributed by atoms with Crippen LogP contribution in [0.2, 0.25) is 0 Å². The van der Waals surface area contributed by atoms with Crippen molar-refractivity contribution in [2.24, 2.45) is 0 Å². The number of methoxy groups -OCH3 is 1. The summed E-state index contributed by atoms with van der Waals surface area (Å²) in [4.78, 5) is 39.5. The highest BCUT2D eigenvalue weighted by Crippen LogP contribution is 2.49. The Morgan fingerprint density at radius 1 is 1.06 bits per heavy atom. The normalized spacial score (nSPS) is 23.0. The highest BCUT2D eigenvalue weighted by Gasteiger charge is 2.55. The van der Waals surface area contributed by atoms with Crippen LogP contribution in [0.4, 0.5) is 4.79 Å². The molecule has 2 bridgehead atoms. The minimum atomic E-state index is -0.942. The molecule has 3 aliphatic rings. The van der Waals surface area contributed by atoms with E-state index in [0.29, 0.717) is 12.8 Å². The Balaban J connectivity index is 1.27. The van der Waals surface area contributed by atoms with Crippen molar-refractivity contribution in [3.8, 4) is 11.1 Å². The summed E-state index contributed by atoms with van der Waals surface area (Å²) >= 11 is 0. The predicted octanol–water partition coefficient (Wildman–Crippen LogP) is 3.54. The minimum Gasteiger partial charge on any atom is -0.481 e. The Hall–Kier alpha value is -3.39. The zero-order valence-electron chi connectivity index (χ0n) is 19.7. The van der Waals surface area contributed by atoms with E-state index in [2.05, 4.69) is 17.4 Å². The van der Waals surface area contributed by atoms with Gasteiger partial charge >= 0.3 is 12.1 Å². The van der Waals surface area contributed by atoms with Gasteiger partial charge in [0.05, 0.1) is 18.6 Å². The Bertz CT molecular complexity index is 1090. The molecule has 8 nitrogen and oxygen atoms in total. The first-order chi connectivity index (χ1) is 16.9. The lowest BCUT2D eigenvalue weighted by Crippen LogP contribution is -2.56. The first-order valence-electron chi connectivity index (χ1n) is 12.1. The Morgan fingerprint density at radius 3 is 2.23 bits per heavy atom. The van der Waals surface area contributed by atoms with Crippen LogP contribution in [0.25, 0.3) is 11.1 Å². The van der Waals surface area contributed by atoms with Crippen molar-refractivity contribution in [2.75, 3.05) is 20.3 Å². The number of hydrogen-bond acceptors (Lipinski definition) is 5. The summed E-state index contributed by atoms with van der Waals surface area (Å²) in [6, 6.07) is 15.2. The van der Waals surface area contributed by atoms with Crippen molar-refractivity contribution in [1.29, 1.82) is 0 Å². The molecule has 2 aromatic rings. The van der Waals surface area contributed by atoms with Gasteiger partial charge in [-0.1, -0.05) is 48.5 Å². The van der Waals surface area contributed by atoms with Gasteiger partial charge in [0.15, 0.2) is 0 Å². The lowest BCUT2D eigenvalue weighted by molar-refractivity contribution is -0.144. The van der Waals surface area contributed by atoms with Crippen LogP contribution in [-0.4, -0.2) is 65.9 Å². The second kappa shape index (κ2) is 9.34. The smallest absolute Gasteiger partial charge is 0.407 e. The number of nitrogens with one attached hydrogen (secondary N) is 1. The molecular weight excluding hydrogens is 448 g/mol. The van der Waals surface area contributed by atoms with E-state index in [9.17, 15) is 19.5 Å². The van der Waals surface area contributed by atoms with Gasteiger partial charge in [-0.15, -0.1) is 0 Å². The molecule has 35 heavy (non-hydrogen) atoms.